The summed E-state index contributed by atoms with van der Waals surface area (Å²) in [6.07, 6.45) is 3.08. The van der Waals surface area contributed by atoms with Gasteiger partial charge in [0.05, 0.1) is 24.1 Å². The molecule has 0 spiro atoms. The van der Waals surface area contributed by atoms with E-state index in [0.29, 0.717) is 17.9 Å². The maximum absolute atomic E-state index is 11.6. The fraction of sp³-hybridized carbons (Fsp3) is 0.100. The molecule has 0 atom stereocenters. The number of rotatable bonds is 3. The van der Waals surface area contributed by atoms with E-state index in [1.165, 1.54) is 6.20 Å². The number of nitrogens with two attached hydrogens (primary N) is 1. The molecule has 4 N–H and O–H groups in total. The fourth-order valence-corrected chi connectivity index (χ4v) is 1.19. The molecule has 2 aromatic heterocycles. The lowest BCUT2D eigenvalue weighted by atomic mass is 10.3. The Kier molecular flexibility index (Phi) is 2.81. The van der Waals surface area contributed by atoms with Crippen LogP contribution in [0.2, 0.25) is 0 Å². The van der Waals surface area contributed by atoms with Gasteiger partial charge in [-0.1, -0.05) is 0 Å². The molecule has 6 heteroatoms. The summed E-state index contributed by atoms with van der Waals surface area (Å²) in [6, 6.07) is 5.01. The van der Waals surface area contributed by atoms with E-state index < -0.39 is 0 Å². The molecule has 0 aliphatic rings. The molecule has 2 aromatic rings. The SMILES string of the molecule is Nc1ccc(C(=O)NCc2ccn[nH]2)nc1. The van der Waals surface area contributed by atoms with E-state index in [0.717, 1.165) is 5.69 Å². The molecule has 0 saturated heterocycles. The molecule has 82 valence electrons. The number of anilines is 1. The van der Waals surface area contributed by atoms with E-state index in [1.54, 1.807) is 24.4 Å². The van der Waals surface area contributed by atoms with Crippen molar-refractivity contribution >= 4 is 11.6 Å². The third-order valence-corrected chi connectivity index (χ3v) is 2.02. The summed E-state index contributed by atoms with van der Waals surface area (Å²) < 4.78 is 0. The fourth-order valence-electron chi connectivity index (χ4n) is 1.19. The van der Waals surface area contributed by atoms with Crippen LogP contribution >= 0.6 is 0 Å². The van der Waals surface area contributed by atoms with Crippen molar-refractivity contribution in [2.45, 2.75) is 6.54 Å². The van der Waals surface area contributed by atoms with Gasteiger partial charge in [-0.3, -0.25) is 9.89 Å². The average molecular weight is 217 g/mol. The van der Waals surface area contributed by atoms with Gasteiger partial charge >= 0.3 is 0 Å². The van der Waals surface area contributed by atoms with E-state index in [2.05, 4.69) is 20.5 Å². The molecule has 0 aliphatic heterocycles. The van der Waals surface area contributed by atoms with Crippen molar-refractivity contribution in [1.82, 2.24) is 20.5 Å². The molecular weight excluding hydrogens is 206 g/mol. The van der Waals surface area contributed by atoms with Gasteiger partial charge in [-0.2, -0.15) is 5.10 Å². The van der Waals surface area contributed by atoms with Crippen LogP contribution in [0.15, 0.2) is 30.6 Å². The second kappa shape index (κ2) is 4.43. The number of nitrogen functional groups attached to an aromatic ring is 1. The molecule has 1 amide bonds. The molecule has 0 aromatic carbocycles. The van der Waals surface area contributed by atoms with Crippen molar-refractivity contribution in [2.24, 2.45) is 0 Å². The van der Waals surface area contributed by atoms with Crippen LogP contribution in [0.3, 0.4) is 0 Å². The summed E-state index contributed by atoms with van der Waals surface area (Å²) in [5, 5.41) is 9.23. The highest BCUT2D eigenvalue weighted by Crippen LogP contribution is 2.01. The molecule has 2 heterocycles. The zero-order valence-electron chi connectivity index (χ0n) is 8.47. The van der Waals surface area contributed by atoms with E-state index in [-0.39, 0.29) is 5.91 Å². The van der Waals surface area contributed by atoms with E-state index in [1.807, 2.05) is 0 Å². The molecule has 6 nitrogen and oxygen atoms in total. The average Bonchev–Trinajstić information content (AvgIpc) is 2.80. The molecule has 0 aliphatic carbocycles. The van der Waals surface area contributed by atoms with E-state index >= 15 is 0 Å². The number of nitrogens with zero attached hydrogens (tertiary/aromatic N) is 2. The van der Waals surface area contributed by atoms with Gasteiger partial charge < -0.3 is 11.1 Å². The molecule has 2 rings (SSSR count). The number of H-pyrrole nitrogens is 1. The molecule has 0 unspecified atom stereocenters. The number of aromatic amines is 1. The minimum Gasteiger partial charge on any atom is -0.397 e. The molecule has 0 fully saturated rings. The molecule has 0 radical (unpaired) electrons. The maximum atomic E-state index is 11.6. The Morgan fingerprint density at radius 3 is 2.94 bits per heavy atom. The molecular formula is C10H11N5O. The van der Waals surface area contributed by atoms with E-state index in [9.17, 15) is 4.79 Å². The summed E-state index contributed by atoms with van der Waals surface area (Å²) in [5.41, 5.74) is 7.18. The first-order valence-electron chi connectivity index (χ1n) is 4.73. The van der Waals surface area contributed by atoms with Crippen molar-refractivity contribution in [3.05, 3.63) is 42.0 Å². The van der Waals surface area contributed by atoms with Gasteiger partial charge in [0.25, 0.3) is 5.91 Å². The van der Waals surface area contributed by atoms with Crippen LogP contribution < -0.4 is 11.1 Å². The van der Waals surface area contributed by atoms with Crippen LogP contribution in [0.1, 0.15) is 16.2 Å². The predicted molar refractivity (Wildman–Crippen MR) is 58.4 cm³/mol. The number of amides is 1. The van der Waals surface area contributed by atoms with Crippen LogP contribution in [0.25, 0.3) is 0 Å². The second-order valence-corrected chi connectivity index (χ2v) is 3.24. The quantitative estimate of drug-likeness (QED) is 0.689. The number of hydrogen-bond donors (Lipinski definition) is 3. The zero-order chi connectivity index (χ0) is 11.4. The van der Waals surface area contributed by atoms with Gasteiger partial charge in [0.1, 0.15) is 5.69 Å². The Bertz CT molecular complexity index is 462. The van der Waals surface area contributed by atoms with Gasteiger partial charge in [0, 0.05) is 6.20 Å². The second-order valence-electron chi connectivity index (χ2n) is 3.24. The summed E-state index contributed by atoms with van der Waals surface area (Å²) >= 11 is 0. The van der Waals surface area contributed by atoms with Crippen molar-refractivity contribution in [3.63, 3.8) is 0 Å². The first kappa shape index (κ1) is 10.2. The van der Waals surface area contributed by atoms with Crippen LogP contribution in [0.5, 0.6) is 0 Å². The molecule has 16 heavy (non-hydrogen) atoms. The lowest BCUT2D eigenvalue weighted by molar-refractivity contribution is 0.0945. The number of carbonyl (C=O) groups is 1. The Morgan fingerprint density at radius 1 is 1.44 bits per heavy atom. The topological polar surface area (TPSA) is 96.7 Å². The van der Waals surface area contributed by atoms with Gasteiger partial charge in [0.2, 0.25) is 0 Å². The lowest BCUT2D eigenvalue weighted by Crippen LogP contribution is -2.23. The third-order valence-electron chi connectivity index (χ3n) is 2.02. The van der Waals surface area contributed by atoms with Crippen LogP contribution in [0.4, 0.5) is 5.69 Å². The van der Waals surface area contributed by atoms with Gasteiger partial charge in [-0.15, -0.1) is 0 Å². The van der Waals surface area contributed by atoms with Crippen molar-refractivity contribution in [3.8, 4) is 0 Å². The zero-order valence-corrected chi connectivity index (χ0v) is 8.47. The highest BCUT2D eigenvalue weighted by atomic mass is 16.1. The first-order chi connectivity index (χ1) is 7.75. The Morgan fingerprint density at radius 2 is 2.31 bits per heavy atom. The minimum absolute atomic E-state index is 0.241. The Labute approximate surface area is 91.9 Å². The highest BCUT2D eigenvalue weighted by Gasteiger charge is 2.06. The number of carbonyl (C=O) groups excluding carboxylic acids is 1. The van der Waals surface area contributed by atoms with Gasteiger partial charge in [-0.05, 0) is 18.2 Å². The smallest absolute Gasteiger partial charge is 0.270 e. The minimum atomic E-state index is -0.241. The Hall–Kier alpha value is -2.37. The van der Waals surface area contributed by atoms with Gasteiger partial charge in [-0.25, -0.2) is 4.98 Å². The highest BCUT2D eigenvalue weighted by molar-refractivity contribution is 5.92. The number of hydrogen-bond acceptors (Lipinski definition) is 4. The van der Waals surface area contributed by atoms with Crippen LogP contribution in [0, 0.1) is 0 Å². The number of pyridine rings is 1. The van der Waals surface area contributed by atoms with Crippen molar-refractivity contribution < 1.29 is 4.79 Å². The summed E-state index contributed by atoms with van der Waals surface area (Å²) in [6.45, 7) is 0.394. The van der Waals surface area contributed by atoms with Crippen LogP contribution in [-0.2, 0) is 6.54 Å². The maximum Gasteiger partial charge on any atom is 0.270 e. The Balaban J connectivity index is 1.95. The lowest BCUT2D eigenvalue weighted by Gasteiger charge is -2.02. The standard InChI is InChI=1S/C10H11N5O/c11-7-1-2-9(12-5-7)10(16)13-6-8-3-4-14-15-8/h1-5H,6,11H2,(H,13,16)(H,14,15). The molecule has 0 saturated carbocycles. The normalized spacial score (nSPS) is 10.0. The van der Waals surface area contributed by atoms with Crippen LogP contribution in [-0.4, -0.2) is 21.1 Å². The summed E-state index contributed by atoms with van der Waals surface area (Å²) in [4.78, 5) is 15.5. The third kappa shape index (κ3) is 2.35. The number of aromatic nitrogens is 3. The summed E-state index contributed by atoms with van der Waals surface area (Å²) in [5.74, 6) is -0.241. The summed E-state index contributed by atoms with van der Waals surface area (Å²) in [7, 11) is 0. The molecule has 0 bridgehead atoms. The predicted octanol–water partition coefficient (Wildman–Crippen LogP) is 0.317. The van der Waals surface area contributed by atoms with Crippen molar-refractivity contribution in [1.29, 1.82) is 0 Å². The van der Waals surface area contributed by atoms with E-state index in [4.69, 9.17) is 5.73 Å². The monoisotopic (exact) mass is 217 g/mol. The van der Waals surface area contributed by atoms with Gasteiger partial charge in [0.15, 0.2) is 0 Å². The van der Waals surface area contributed by atoms with Crippen molar-refractivity contribution in [2.75, 3.05) is 5.73 Å². The number of nitrogens with one attached hydrogen (secondary N) is 2. The first-order valence-corrected chi connectivity index (χ1v) is 4.73. The largest absolute Gasteiger partial charge is 0.397 e.